The highest BCUT2D eigenvalue weighted by atomic mass is 79.9. The van der Waals surface area contributed by atoms with Crippen molar-refractivity contribution in [2.75, 3.05) is 4.90 Å². The molecule has 3 atom stereocenters. The lowest BCUT2D eigenvalue weighted by Crippen LogP contribution is -2.48. The molecule has 0 saturated carbocycles. The molecule has 3 aromatic rings. The summed E-state index contributed by atoms with van der Waals surface area (Å²) < 4.78 is 0.729. The number of nitrogens with one attached hydrogen (secondary N) is 1. The highest BCUT2D eigenvalue weighted by Crippen LogP contribution is 2.44. The molecule has 34 heavy (non-hydrogen) atoms. The molecule has 0 aliphatic carbocycles. The summed E-state index contributed by atoms with van der Waals surface area (Å²) in [7, 11) is 0. The Labute approximate surface area is 214 Å². The minimum Gasteiger partial charge on any atom is -0.274 e. The van der Waals surface area contributed by atoms with Crippen LogP contribution >= 0.6 is 39.1 Å². The zero-order valence-corrected chi connectivity index (χ0v) is 20.9. The summed E-state index contributed by atoms with van der Waals surface area (Å²) in [6, 6.07) is 17.5. The molecule has 0 unspecified atom stereocenters. The maximum atomic E-state index is 13.7. The van der Waals surface area contributed by atoms with Crippen molar-refractivity contribution in [3.05, 3.63) is 97.9 Å². The van der Waals surface area contributed by atoms with Gasteiger partial charge in [-0.15, -0.1) is 0 Å². The lowest BCUT2D eigenvalue weighted by Gasteiger charge is -2.25. The molecule has 6 nitrogen and oxygen atoms in total. The van der Waals surface area contributed by atoms with Crippen molar-refractivity contribution in [1.29, 1.82) is 0 Å². The van der Waals surface area contributed by atoms with Crippen LogP contribution in [0.2, 0.25) is 10.0 Å². The normalized spacial score (nSPS) is 21.8. The fourth-order valence-corrected chi connectivity index (χ4v) is 5.38. The van der Waals surface area contributed by atoms with E-state index in [2.05, 4.69) is 21.4 Å². The van der Waals surface area contributed by atoms with Gasteiger partial charge < -0.3 is 0 Å². The number of nitrogens with zero attached hydrogens (tertiary/aromatic N) is 2. The molecule has 2 heterocycles. The Morgan fingerprint density at radius 1 is 0.971 bits per heavy atom. The fraction of sp³-hybridized carbons (Fsp3) is 0.160. The van der Waals surface area contributed by atoms with E-state index in [4.69, 9.17) is 23.2 Å². The van der Waals surface area contributed by atoms with Crippen LogP contribution in [0.1, 0.15) is 27.5 Å². The molecule has 2 saturated heterocycles. The Kier molecular flexibility index (Phi) is 5.98. The first-order valence-electron chi connectivity index (χ1n) is 10.5. The van der Waals surface area contributed by atoms with E-state index in [0.717, 1.165) is 20.5 Å². The smallest absolute Gasteiger partial charge is 0.268 e. The van der Waals surface area contributed by atoms with Gasteiger partial charge in [-0.25, -0.2) is 10.3 Å². The Balaban J connectivity index is 1.60. The predicted molar refractivity (Wildman–Crippen MR) is 134 cm³/mol. The van der Waals surface area contributed by atoms with Gasteiger partial charge in [0.15, 0.2) is 0 Å². The minimum absolute atomic E-state index is 0.180. The average molecular weight is 559 g/mol. The zero-order chi connectivity index (χ0) is 24.1. The first-order chi connectivity index (χ1) is 16.3. The molecule has 2 aliphatic heterocycles. The molecule has 0 radical (unpaired) electrons. The number of hydrogen-bond acceptors (Lipinski definition) is 4. The van der Waals surface area contributed by atoms with Gasteiger partial charge in [0.2, 0.25) is 5.91 Å². The lowest BCUT2D eigenvalue weighted by atomic mass is 9.90. The number of rotatable bonds is 3. The number of anilines is 1. The number of hydrogen-bond donors (Lipinski definition) is 1. The van der Waals surface area contributed by atoms with Crippen LogP contribution in [0.4, 0.5) is 5.69 Å². The summed E-state index contributed by atoms with van der Waals surface area (Å²) >= 11 is 15.7. The van der Waals surface area contributed by atoms with Crippen LogP contribution in [0.15, 0.2) is 71.2 Å². The highest BCUT2D eigenvalue weighted by molar-refractivity contribution is 9.10. The van der Waals surface area contributed by atoms with Gasteiger partial charge in [-0.05, 0) is 48.9 Å². The number of aryl methyl sites for hydroxylation is 1. The molecule has 2 fully saturated rings. The standard InChI is InChI=1S/C25H18BrCl2N3O3/c1-13-5-7-14(8-6-13)21-20-22(31(29-21)23(32)15-3-2-4-16(26)11-15)25(34)30(24(20)33)19-10-9-17(27)12-18(19)28/h2-12,20-22,29H,1H3/t20-,21-,22-/m0/s1. The lowest BCUT2D eigenvalue weighted by molar-refractivity contribution is -0.123. The number of fused-ring (bicyclic) bond motifs is 1. The van der Waals surface area contributed by atoms with E-state index in [9.17, 15) is 14.4 Å². The van der Waals surface area contributed by atoms with Crippen molar-refractivity contribution < 1.29 is 14.4 Å². The van der Waals surface area contributed by atoms with Gasteiger partial charge in [0.1, 0.15) is 6.04 Å². The Morgan fingerprint density at radius 2 is 1.71 bits per heavy atom. The summed E-state index contributed by atoms with van der Waals surface area (Å²) in [5.41, 5.74) is 5.64. The van der Waals surface area contributed by atoms with E-state index >= 15 is 0 Å². The van der Waals surface area contributed by atoms with E-state index in [1.807, 2.05) is 31.2 Å². The maximum absolute atomic E-state index is 13.7. The fourth-order valence-electron chi connectivity index (χ4n) is 4.49. The molecule has 0 spiro atoms. The monoisotopic (exact) mass is 557 g/mol. The van der Waals surface area contributed by atoms with E-state index in [1.165, 1.54) is 17.1 Å². The van der Waals surface area contributed by atoms with Crippen molar-refractivity contribution in [3.63, 3.8) is 0 Å². The topological polar surface area (TPSA) is 69.7 Å². The first-order valence-corrected chi connectivity index (χ1v) is 12.1. The number of amides is 3. The third-order valence-corrected chi connectivity index (χ3v) is 7.14. The van der Waals surface area contributed by atoms with Crippen LogP contribution in [0, 0.1) is 12.8 Å². The van der Waals surface area contributed by atoms with Crippen LogP contribution in [-0.2, 0) is 9.59 Å². The highest BCUT2D eigenvalue weighted by Gasteiger charge is 2.60. The second-order valence-electron chi connectivity index (χ2n) is 8.28. The van der Waals surface area contributed by atoms with Crippen LogP contribution < -0.4 is 10.3 Å². The van der Waals surface area contributed by atoms with Crippen LogP contribution in [-0.4, -0.2) is 28.8 Å². The van der Waals surface area contributed by atoms with E-state index in [-0.39, 0.29) is 10.7 Å². The number of carbonyl (C=O) groups excluding carboxylic acids is 3. The molecule has 5 rings (SSSR count). The molecule has 3 amide bonds. The molecular formula is C25H18BrCl2N3O3. The number of imide groups is 1. The van der Waals surface area contributed by atoms with Crippen LogP contribution in [0.5, 0.6) is 0 Å². The second-order valence-corrected chi connectivity index (χ2v) is 10.0. The minimum atomic E-state index is -1.03. The van der Waals surface area contributed by atoms with Gasteiger partial charge in [-0.1, -0.05) is 75.0 Å². The van der Waals surface area contributed by atoms with Crippen molar-refractivity contribution in [3.8, 4) is 0 Å². The molecule has 1 N–H and O–H groups in total. The molecule has 2 aliphatic rings. The van der Waals surface area contributed by atoms with E-state index in [1.54, 1.807) is 30.3 Å². The van der Waals surface area contributed by atoms with Gasteiger partial charge in [0.25, 0.3) is 11.8 Å². The molecule has 0 bridgehead atoms. The van der Waals surface area contributed by atoms with Gasteiger partial charge >= 0.3 is 0 Å². The summed E-state index contributed by atoms with van der Waals surface area (Å²) in [6.07, 6.45) is 0. The van der Waals surface area contributed by atoms with Crippen molar-refractivity contribution >= 4 is 62.5 Å². The van der Waals surface area contributed by atoms with Crippen LogP contribution in [0.3, 0.4) is 0 Å². The van der Waals surface area contributed by atoms with Crippen molar-refractivity contribution in [1.82, 2.24) is 10.4 Å². The van der Waals surface area contributed by atoms with E-state index in [0.29, 0.717) is 10.6 Å². The third kappa shape index (κ3) is 3.82. The zero-order valence-electron chi connectivity index (χ0n) is 17.8. The van der Waals surface area contributed by atoms with Gasteiger partial charge in [0, 0.05) is 15.1 Å². The van der Waals surface area contributed by atoms with Gasteiger partial charge in [-0.2, -0.15) is 0 Å². The Bertz CT molecular complexity index is 1330. The summed E-state index contributed by atoms with van der Waals surface area (Å²) in [4.78, 5) is 41.9. The first kappa shape index (κ1) is 23.1. The summed E-state index contributed by atoms with van der Waals surface area (Å²) in [6.45, 7) is 1.96. The molecule has 172 valence electrons. The number of hydrazine groups is 1. The number of carbonyl (C=O) groups is 3. The van der Waals surface area contributed by atoms with E-state index < -0.39 is 35.7 Å². The predicted octanol–water partition coefficient (Wildman–Crippen LogP) is 5.32. The summed E-state index contributed by atoms with van der Waals surface area (Å²) in [5, 5.41) is 1.85. The number of benzene rings is 3. The molecule has 3 aromatic carbocycles. The average Bonchev–Trinajstić information content (AvgIpc) is 3.31. The van der Waals surface area contributed by atoms with Gasteiger partial charge in [0.05, 0.1) is 22.7 Å². The molecule has 9 heteroatoms. The van der Waals surface area contributed by atoms with Crippen molar-refractivity contribution in [2.45, 2.75) is 19.0 Å². The van der Waals surface area contributed by atoms with Crippen molar-refractivity contribution in [2.24, 2.45) is 5.92 Å². The quantitative estimate of drug-likeness (QED) is 0.441. The summed E-state index contributed by atoms with van der Waals surface area (Å²) in [5.74, 6) is -2.18. The Hall–Kier alpha value is -2.71. The molecular weight excluding hydrogens is 541 g/mol. The largest absolute Gasteiger partial charge is 0.274 e. The second kappa shape index (κ2) is 8.82. The van der Waals surface area contributed by atoms with Crippen LogP contribution in [0.25, 0.3) is 0 Å². The Morgan fingerprint density at radius 3 is 2.38 bits per heavy atom. The number of halogens is 3. The SMILES string of the molecule is Cc1ccc([C@@H]2NN(C(=O)c3cccc(Br)c3)[C@@H]3C(=O)N(c4ccc(Cl)cc4Cl)C(=O)[C@H]32)cc1. The third-order valence-electron chi connectivity index (χ3n) is 6.11. The van der Waals surface area contributed by atoms with Gasteiger partial charge in [-0.3, -0.25) is 19.4 Å². The maximum Gasteiger partial charge on any atom is 0.268 e. The molecule has 0 aromatic heterocycles.